The van der Waals surface area contributed by atoms with Gasteiger partial charge in [-0.3, -0.25) is 0 Å². The summed E-state index contributed by atoms with van der Waals surface area (Å²) in [6, 6.07) is 25.1. The first-order chi connectivity index (χ1) is 15.0. The number of esters is 1. The van der Waals surface area contributed by atoms with Gasteiger partial charge in [0.2, 0.25) is 5.90 Å². The van der Waals surface area contributed by atoms with E-state index in [2.05, 4.69) is 22.6 Å². The van der Waals surface area contributed by atoms with Crippen molar-refractivity contribution in [3.8, 4) is 0 Å². The summed E-state index contributed by atoms with van der Waals surface area (Å²) < 4.78 is 12.6. The SMILES string of the molecule is Cc1ccc(C(=O)OC/C(I)=C2/OC(c3ccc(C)cc3)=NC2c2ccccc2)cc1. The molecule has 0 N–H and O–H groups in total. The molecule has 4 rings (SSSR count). The Balaban J connectivity index is 1.58. The van der Waals surface area contributed by atoms with E-state index in [-0.39, 0.29) is 18.6 Å². The van der Waals surface area contributed by atoms with E-state index in [9.17, 15) is 4.79 Å². The summed E-state index contributed by atoms with van der Waals surface area (Å²) in [5.41, 5.74) is 4.75. The van der Waals surface area contributed by atoms with Gasteiger partial charge >= 0.3 is 5.97 Å². The lowest BCUT2D eigenvalue weighted by atomic mass is 10.1. The summed E-state index contributed by atoms with van der Waals surface area (Å²) in [4.78, 5) is 17.3. The number of halogens is 1. The zero-order chi connectivity index (χ0) is 21.8. The largest absolute Gasteiger partial charge is 0.457 e. The van der Waals surface area contributed by atoms with Crippen LogP contribution in [0.4, 0.5) is 0 Å². The Morgan fingerprint density at radius 2 is 1.55 bits per heavy atom. The fraction of sp³-hybridized carbons (Fsp3) is 0.154. The molecule has 156 valence electrons. The number of hydrogen-bond donors (Lipinski definition) is 0. The van der Waals surface area contributed by atoms with E-state index in [1.807, 2.05) is 80.6 Å². The average Bonchev–Trinajstić information content (AvgIpc) is 3.24. The lowest BCUT2D eigenvalue weighted by Gasteiger charge is -2.12. The van der Waals surface area contributed by atoms with Crippen LogP contribution in [0, 0.1) is 13.8 Å². The lowest BCUT2D eigenvalue weighted by molar-refractivity contribution is 0.0545. The topological polar surface area (TPSA) is 47.9 Å². The molecule has 0 radical (unpaired) electrons. The molecular formula is C26H22INO3. The van der Waals surface area contributed by atoms with Gasteiger partial charge in [-0.25, -0.2) is 9.79 Å². The monoisotopic (exact) mass is 523 g/mol. The number of carbonyl (C=O) groups is 1. The third-order valence-electron chi connectivity index (χ3n) is 5.00. The minimum Gasteiger partial charge on any atom is -0.457 e. The highest BCUT2D eigenvalue weighted by Crippen LogP contribution is 2.37. The molecule has 3 aromatic carbocycles. The summed E-state index contributed by atoms with van der Waals surface area (Å²) in [6.07, 6.45) is 0. The predicted molar refractivity (Wildman–Crippen MR) is 130 cm³/mol. The second-order valence-electron chi connectivity index (χ2n) is 7.43. The molecule has 3 aromatic rings. The quantitative estimate of drug-likeness (QED) is 0.290. The van der Waals surface area contributed by atoms with Gasteiger partial charge in [-0.2, -0.15) is 0 Å². The van der Waals surface area contributed by atoms with Crippen molar-refractivity contribution < 1.29 is 14.3 Å². The molecule has 1 aliphatic rings. The van der Waals surface area contributed by atoms with Gasteiger partial charge in [0.15, 0.2) is 0 Å². The molecule has 0 amide bonds. The predicted octanol–water partition coefficient (Wildman–Crippen LogP) is 6.33. The summed E-state index contributed by atoms with van der Waals surface area (Å²) in [7, 11) is 0. The van der Waals surface area contributed by atoms with E-state index in [0.29, 0.717) is 17.2 Å². The van der Waals surface area contributed by atoms with Crippen molar-refractivity contribution in [2.24, 2.45) is 4.99 Å². The van der Waals surface area contributed by atoms with Crippen LogP contribution in [0.15, 0.2) is 93.2 Å². The van der Waals surface area contributed by atoms with Gasteiger partial charge in [0.05, 0.1) is 9.14 Å². The van der Waals surface area contributed by atoms with Gasteiger partial charge < -0.3 is 9.47 Å². The molecule has 0 bridgehead atoms. The van der Waals surface area contributed by atoms with E-state index in [0.717, 1.165) is 20.3 Å². The van der Waals surface area contributed by atoms with Gasteiger partial charge in [-0.15, -0.1) is 0 Å². The molecule has 0 saturated carbocycles. The highest BCUT2D eigenvalue weighted by Gasteiger charge is 2.30. The minimum atomic E-state index is -0.358. The Morgan fingerprint density at radius 3 is 2.19 bits per heavy atom. The summed E-state index contributed by atoms with van der Waals surface area (Å²) in [6.45, 7) is 4.16. The van der Waals surface area contributed by atoms with Crippen molar-refractivity contribution in [3.63, 3.8) is 0 Å². The summed E-state index contributed by atoms with van der Waals surface area (Å²) in [5, 5.41) is 0. The molecule has 1 heterocycles. The Labute approximate surface area is 195 Å². The Hall–Kier alpha value is -2.93. The van der Waals surface area contributed by atoms with Crippen LogP contribution in [0.3, 0.4) is 0 Å². The fourth-order valence-corrected chi connectivity index (χ4v) is 3.79. The first-order valence-corrected chi connectivity index (χ1v) is 11.1. The first-order valence-electron chi connectivity index (χ1n) is 10.0. The Morgan fingerprint density at radius 1 is 0.935 bits per heavy atom. The third-order valence-corrected chi connectivity index (χ3v) is 5.84. The first kappa shape index (κ1) is 21.3. The molecule has 0 saturated heterocycles. The normalized spacial score (nSPS) is 17.0. The van der Waals surface area contributed by atoms with Crippen molar-refractivity contribution in [1.82, 2.24) is 0 Å². The maximum absolute atomic E-state index is 12.4. The van der Waals surface area contributed by atoms with Crippen LogP contribution in [-0.4, -0.2) is 18.5 Å². The van der Waals surface area contributed by atoms with Crippen molar-refractivity contribution in [2.45, 2.75) is 19.9 Å². The smallest absolute Gasteiger partial charge is 0.338 e. The maximum atomic E-state index is 12.4. The summed E-state index contributed by atoms with van der Waals surface area (Å²) >= 11 is 2.18. The van der Waals surface area contributed by atoms with Crippen molar-refractivity contribution >= 4 is 34.5 Å². The van der Waals surface area contributed by atoms with Crippen LogP contribution in [0.25, 0.3) is 0 Å². The molecule has 1 atom stereocenters. The number of aliphatic imine (C=N–C) groups is 1. The van der Waals surface area contributed by atoms with E-state index >= 15 is 0 Å². The van der Waals surface area contributed by atoms with Crippen LogP contribution >= 0.6 is 22.6 Å². The van der Waals surface area contributed by atoms with Crippen LogP contribution in [0.2, 0.25) is 0 Å². The number of carbonyl (C=O) groups excluding carboxylic acids is 1. The van der Waals surface area contributed by atoms with Crippen LogP contribution < -0.4 is 0 Å². The van der Waals surface area contributed by atoms with E-state index in [1.54, 1.807) is 12.1 Å². The molecule has 0 aliphatic carbocycles. The van der Waals surface area contributed by atoms with Gasteiger partial charge in [0.25, 0.3) is 0 Å². The second kappa shape index (κ2) is 9.47. The minimum absolute atomic E-state index is 0.128. The molecular weight excluding hydrogens is 501 g/mol. The van der Waals surface area contributed by atoms with E-state index in [1.165, 1.54) is 5.56 Å². The fourth-order valence-electron chi connectivity index (χ4n) is 3.23. The van der Waals surface area contributed by atoms with E-state index < -0.39 is 0 Å². The van der Waals surface area contributed by atoms with Gasteiger partial charge in [-0.05, 0) is 66.3 Å². The van der Waals surface area contributed by atoms with Gasteiger partial charge in [0, 0.05) is 5.56 Å². The molecule has 0 aromatic heterocycles. The van der Waals surface area contributed by atoms with Crippen LogP contribution in [-0.2, 0) is 9.47 Å². The number of nitrogens with zero attached hydrogens (tertiary/aromatic N) is 1. The highest BCUT2D eigenvalue weighted by molar-refractivity contribution is 14.1. The zero-order valence-electron chi connectivity index (χ0n) is 17.3. The number of rotatable bonds is 5. The molecule has 5 heteroatoms. The standard InChI is InChI=1S/C26H22INO3/c1-17-8-12-20(13-9-17)25-28-23(19-6-4-3-5-7-19)24(31-25)22(27)16-30-26(29)21-14-10-18(2)11-15-21/h3-15,23H,16H2,1-2H3/b24-22-. The van der Waals surface area contributed by atoms with Crippen molar-refractivity contribution in [1.29, 1.82) is 0 Å². The number of ether oxygens (including phenoxy) is 2. The maximum Gasteiger partial charge on any atom is 0.338 e. The average molecular weight is 523 g/mol. The number of benzene rings is 3. The molecule has 0 fully saturated rings. The zero-order valence-corrected chi connectivity index (χ0v) is 19.5. The van der Waals surface area contributed by atoms with Crippen molar-refractivity contribution in [3.05, 3.63) is 116 Å². The number of hydrogen-bond acceptors (Lipinski definition) is 4. The molecule has 31 heavy (non-hydrogen) atoms. The second-order valence-corrected chi connectivity index (χ2v) is 8.73. The van der Waals surface area contributed by atoms with Gasteiger partial charge in [-0.1, -0.05) is 65.7 Å². The third kappa shape index (κ3) is 5.05. The molecule has 4 nitrogen and oxygen atoms in total. The number of aryl methyl sites for hydroxylation is 2. The van der Waals surface area contributed by atoms with Crippen LogP contribution in [0.5, 0.6) is 0 Å². The van der Waals surface area contributed by atoms with E-state index in [4.69, 9.17) is 14.5 Å². The molecule has 0 spiro atoms. The molecule has 1 aliphatic heterocycles. The summed E-state index contributed by atoms with van der Waals surface area (Å²) in [5.74, 6) is 0.908. The Kier molecular flexibility index (Phi) is 6.51. The van der Waals surface area contributed by atoms with Gasteiger partial charge in [0.1, 0.15) is 18.4 Å². The lowest BCUT2D eigenvalue weighted by Crippen LogP contribution is -2.09. The highest BCUT2D eigenvalue weighted by atomic mass is 127. The van der Waals surface area contributed by atoms with Crippen molar-refractivity contribution in [2.75, 3.05) is 6.61 Å². The van der Waals surface area contributed by atoms with Crippen LogP contribution in [0.1, 0.15) is 38.7 Å². The Bertz CT molecular complexity index is 1130. The molecule has 1 unspecified atom stereocenters.